The number of furan rings is 1. The predicted molar refractivity (Wildman–Crippen MR) is 99.4 cm³/mol. The summed E-state index contributed by atoms with van der Waals surface area (Å²) in [4.78, 5) is 35.2. The highest BCUT2D eigenvalue weighted by atomic mass is 16.5. The zero-order chi connectivity index (χ0) is 19.2. The zero-order valence-electron chi connectivity index (χ0n) is 15.4. The molecule has 0 aliphatic heterocycles. The third-order valence-corrected chi connectivity index (χ3v) is 4.64. The molecule has 144 valence electrons. The van der Waals surface area contributed by atoms with E-state index in [1.807, 2.05) is 13.0 Å². The molecule has 1 aromatic carbocycles. The van der Waals surface area contributed by atoms with Gasteiger partial charge in [-0.3, -0.25) is 14.9 Å². The lowest BCUT2D eigenvalue weighted by molar-refractivity contribution is -0.147. The minimum absolute atomic E-state index is 0.0156. The van der Waals surface area contributed by atoms with Gasteiger partial charge in [0, 0.05) is 17.5 Å². The molecule has 1 aliphatic carbocycles. The van der Waals surface area contributed by atoms with E-state index in [1.54, 1.807) is 6.26 Å². The van der Waals surface area contributed by atoms with Crippen LogP contribution in [0.2, 0.25) is 0 Å². The maximum atomic E-state index is 12.0. The van der Waals surface area contributed by atoms with Crippen LogP contribution in [0.5, 0.6) is 0 Å². The van der Waals surface area contributed by atoms with Crippen molar-refractivity contribution in [3.8, 4) is 0 Å². The summed E-state index contributed by atoms with van der Waals surface area (Å²) in [6.45, 7) is 2.00. The maximum Gasteiger partial charge on any atom is 0.321 e. The number of aryl methyl sites for hydroxylation is 2. The summed E-state index contributed by atoms with van der Waals surface area (Å²) in [5, 5.41) is 5.59. The number of hydrogen-bond donors (Lipinski definition) is 2. The smallest absolute Gasteiger partial charge is 0.321 e. The molecule has 0 fully saturated rings. The predicted octanol–water partition coefficient (Wildman–Crippen LogP) is 2.63. The Bertz CT molecular complexity index is 855. The minimum atomic E-state index is -0.660. The molecular formula is C20H24N2O5. The van der Waals surface area contributed by atoms with E-state index >= 15 is 0 Å². The second-order valence-corrected chi connectivity index (χ2v) is 6.73. The SMILES string of the molecule is CCCCNC(=O)NC(=O)COC(=O)Cc1coc2cc3c(cc12)CCC3. The first-order valence-electron chi connectivity index (χ1n) is 9.32. The second-order valence-electron chi connectivity index (χ2n) is 6.73. The van der Waals surface area contributed by atoms with Crippen molar-refractivity contribution in [1.29, 1.82) is 0 Å². The summed E-state index contributed by atoms with van der Waals surface area (Å²) >= 11 is 0. The Morgan fingerprint density at radius 2 is 1.96 bits per heavy atom. The number of urea groups is 1. The minimum Gasteiger partial charge on any atom is -0.464 e. The Morgan fingerprint density at radius 3 is 2.74 bits per heavy atom. The van der Waals surface area contributed by atoms with Crippen molar-refractivity contribution in [1.82, 2.24) is 10.6 Å². The largest absolute Gasteiger partial charge is 0.464 e. The molecule has 7 heteroatoms. The fourth-order valence-electron chi connectivity index (χ4n) is 3.22. The molecule has 1 heterocycles. The number of nitrogens with one attached hydrogen (secondary N) is 2. The van der Waals surface area contributed by atoms with E-state index in [0.717, 1.165) is 48.6 Å². The lowest BCUT2D eigenvalue weighted by Gasteiger charge is -2.07. The van der Waals surface area contributed by atoms with E-state index < -0.39 is 24.5 Å². The molecule has 3 rings (SSSR count). The molecule has 0 spiro atoms. The average molecular weight is 372 g/mol. The van der Waals surface area contributed by atoms with Crippen LogP contribution in [0, 0.1) is 0 Å². The van der Waals surface area contributed by atoms with Crippen molar-refractivity contribution in [2.24, 2.45) is 0 Å². The van der Waals surface area contributed by atoms with Crippen molar-refractivity contribution >= 4 is 28.9 Å². The molecule has 0 bridgehead atoms. The van der Waals surface area contributed by atoms with Crippen molar-refractivity contribution in [3.05, 3.63) is 35.1 Å². The molecule has 2 aromatic rings. The van der Waals surface area contributed by atoms with Crippen molar-refractivity contribution in [3.63, 3.8) is 0 Å². The number of ether oxygens (including phenoxy) is 1. The summed E-state index contributed by atoms with van der Waals surface area (Å²) in [7, 11) is 0. The van der Waals surface area contributed by atoms with E-state index in [2.05, 4.69) is 16.7 Å². The van der Waals surface area contributed by atoms with Gasteiger partial charge in [-0.25, -0.2) is 4.79 Å². The lowest BCUT2D eigenvalue weighted by Crippen LogP contribution is -2.41. The summed E-state index contributed by atoms with van der Waals surface area (Å²) < 4.78 is 10.5. The van der Waals surface area contributed by atoms with E-state index in [9.17, 15) is 14.4 Å². The quantitative estimate of drug-likeness (QED) is 0.575. The molecule has 3 amide bonds. The van der Waals surface area contributed by atoms with E-state index in [-0.39, 0.29) is 6.42 Å². The Labute approximate surface area is 157 Å². The molecule has 0 radical (unpaired) electrons. The number of hydrogen-bond acceptors (Lipinski definition) is 5. The van der Waals surface area contributed by atoms with Crippen LogP contribution in [0.1, 0.15) is 42.9 Å². The Morgan fingerprint density at radius 1 is 1.19 bits per heavy atom. The Kier molecular flexibility index (Phi) is 6.11. The van der Waals surface area contributed by atoms with E-state index in [4.69, 9.17) is 9.15 Å². The number of carbonyl (C=O) groups excluding carboxylic acids is 3. The van der Waals surface area contributed by atoms with Gasteiger partial charge >= 0.3 is 12.0 Å². The lowest BCUT2D eigenvalue weighted by atomic mass is 10.0. The number of imide groups is 1. The summed E-state index contributed by atoms with van der Waals surface area (Å²) in [5.41, 5.74) is 4.11. The highest BCUT2D eigenvalue weighted by Crippen LogP contribution is 2.30. The van der Waals surface area contributed by atoms with Gasteiger partial charge in [-0.15, -0.1) is 0 Å². The van der Waals surface area contributed by atoms with Gasteiger partial charge in [-0.1, -0.05) is 13.3 Å². The maximum absolute atomic E-state index is 12.0. The fraction of sp³-hybridized carbons (Fsp3) is 0.450. The average Bonchev–Trinajstić information content (AvgIpc) is 3.25. The topological polar surface area (TPSA) is 97.6 Å². The number of amides is 3. The van der Waals surface area contributed by atoms with Crippen LogP contribution >= 0.6 is 0 Å². The third kappa shape index (κ3) is 4.87. The number of benzene rings is 1. The normalized spacial score (nSPS) is 12.6. The summed E-state index contributed by atoms with van der Waals surface area (Å²) in [6.07, 6.45) is 6.59. The second kappa shape index (κ2) is 8.70. The molecule has 7 nitrogen and oxygen atoms in total. The van der Waals surface area contributed by atoms with E-state index in [0.29, 0.717) is 6.54 Å². The molecule has 0 atom stereocenters. The van der Waals surface area contributed by atoms with Gasteiger partial charge < -0.3 is 14.5 Å². The van der Waals surface area contributed by atoms with Crippen LogP contribution in [0.4, 0.5) is 4.79 Å². The van der Waals surface area contributed by atoms with Gasteiger partial charge in [0.15, 0.2) is 6.61 Å². The molecule has 2 N–H and O–H groups in total. The molecule has 1 aromatic heterocycles. The van der Waals surface area contributed by atoms with Crippen molar-refractivity contribution in [2.75, 3.05) is 13.2 Å². The molecular weight excluding hydrogens is 348 g/mol. The van der Waals surface area contributed by atoms with Crippen LogP contribution < -0.4 is 10.6 Å². The van der Waals surface area contributed by atoms with E-state index in [1.165, 1.54) is 11.1 Å². The van der Waals surface area contributed by atoms with Crippen molar-refractivity contribution in [2.45, 2.75) is 45.4 Å². The number of rotatable bonds is 7. The summed E-state index contributed by atoms with van der Waals surface area (Å²) in [5.74, 6) is -1.20. The number of carbonyl (C=O) groups is 3. The first-order chi connectivity index (χ1) is 13.1. The first kappa shape index (κ1) is 18.9. The number of esters is 1. The van der Waals surface area contributed by atoms with Gasteiger partial charge in [0.25, 0.3) is 5.91 Å². The zero-order valence-corrected chi connectivity index (χ0v) is 15.4. The van der Waals surface area contributed by atoms with Gasteiger partial charge in [-0.2, -0.15) is 0 Å². The fourth-order valence-corrected chi connectivity index (χ4v) is 3.22. The van der Waals surface area contributed by atoms with Gasteiger partial charge in [0.1, 0.15) is 5.58 Å². The standard InChI is InChI=1S/C20H24N2O5/c1-2-3-7-21-20(25)22-18(23)12-27-19(24)10-15-11-26-17-9-14-6-4-5-13(14)8-16(15)17/h8-9,11H,2-7,10,12H2,1H3,(H2,21,22,23,25). The van der Waals surface area contributed by atoms with Crippen LogP contribution in [0.15, 0.2) is 22.8 Å². The summed E-state index contributed by atoms with van der Waals surface area (Å²) in [6, 6.07) is 3.54. The Hall–Kier alpha value is -2.83. The van der Waals surface area contributed by atoms with Gasteiger partial charge in [0.2, 0.25) is 0 Å². The van der Waals surface area contributed by atoms with Gasteiger partial charge in [-0.05, 0) is 48.9 Å². The van der Waals surface area contributed by atoms with Crippen LogP contribution in [-0.2, 0) is 33.6 Å². The molecule has 27 heavy (non-hydrogen) atoms. The van der Waals surface area contributed by atoms with Crippen LogP contribution in [-0.4, -0.2) is 31.1 Å². The third-order valence-electron chi connectivity index (χ3n) is 4.64. The number of unbranched alkanes of at least 4 members (excludes halogenated alkanes) is 1. The van der Waals surface area contributed by atoms with Crippen LogP contribution in [0.3, 0.4) is 0 Å². The van der Waals surface area contributed by atoms with Crippen molar-refractivity contribution < 1.29 is 23.5 Å². The molecule has 1 aliphatic rings. The van der Waals surface area contributed by atoms with Gasteiger partial charge in [0.05, 0.1) is 12.7 Å². The molecule has 0 unspecified atom stereocenters. The first-order valence-corrected chi connectivity index (χ1v) is 9.32. The molecule has 0 saturated heterocycles. The highest BCUT2D eigenvalue weighted by molar-refractivity contribution is 5.95. The monoisotopic (exact) mass is 372 g/mol. The Balaban J connectivity index is 1.49. The highest BCUT2D eigenvalue weighted by Gasteiger charge is 2.18. The van der Waals surface area contributed by atoms with Crippen LogP contribution in [0.25, 0.3) is 11.0 Å². The number of fused-ring (bicyclic) bond motifs is 2. The molecule has 0 saturated carbocycles.